The van der Waals surface area contributed by atoms with Crippen LogP contribution in [0.1, 0.15) is 92.9 Å². The van der Waals surface area contributed by atoms with E-state index in [1.165, 1.54) is 23.8 Å². The van der Waals surface area contributed by atoms with Crippen LogP contribution in [-0.2, 0) is 46.9 Å². The number of hydrogen-bond donors (Lipinski definition) is 3. The van der Waals surface area contributed by atoms with Gasteiger partial charge >= 0.3 is 6.09 Å². The molecule has 2 rings (SSSR count). The van der Waals surface area contributed by atoms with Gasteiger partial charge in [0, 0.05) is 31.6 Å². The second-order valence-corrected chi connectivity index (χ2v) is 18.4. The molecule has 0 saturated heterocycles. The molecule has 0 heterocycles. The number of nitrogens with zero attached hydrogens (tertiary/aromatic N) is 2. The molecule has 2 aromatic carbocycles. The number of carbonyl (C=O) groups excluding carboxylic acids is 4. The predicted octanol–water partition coefficient (Wildman–Crippen LogP) is 5.26. The molecule has 0 saturated carbocycles. The minimum atomic E-state index is -4.04. The Morgan fingerprint density at radius 2 is 1.38 bits per heavy atom. The van der Waals surface area contributed by atoms with E-state index < -0.39 is 74.1 Å². The Morgan fingerprint density at radius 3 is 1.85 bits per heavy atom. The van der Waals surface area contributed by atoms with Crippen molar-refractivity contribution in [2.45, 2.75) is 118 Å². The predicted molar refractivity (Wildman–Crippen MR) is 209 cm³/mol. The van der Waals surface area contributed by atoms with Gasteiger partial charge in [0.25, 0.3) is 5.91 Å². The summed E-state index contributed by atoms with van der Waals surface area (Å²) in [7, 11) is -0.947. The van der Waals surface area contributed by atoms with Gasteiger partial charge in [0.1, 0.15) is 17.7 Å². The maximum Gasteiger partial charge on any atom is 0.410 e. The van der Waals surface area contributed by atoms with Gasteiger partial charge in [0.05, 0.1) is 11.8 Å². The van der Waals surface area contributed by atoms with Gasteiger partial charge in [-0.3, -0.25) is 19.3 Å². The Balaban J connectivity index is 2.43. The zero-order valence-electron chi connectivity index (χ0n) is 33.7. The third kappa shape index (κ3) is 12.7. The summed E-state index contributed by atoms with van der Waals surface area (Å²) in [5, 5.41) is 2.98. The molecule has 2 aromatic rings. The first-order valence-electron chi connectivity index (χ1n) is 17.8. The molecule has 0 fully saturated rings. The second kappa shape index (κ2) is 17.7. The fourth-order valence-electron chi connectivity index (χ4n) is 6.01. The minimum Gasteiger partial charge on any atom is -0.444 e. The first kappa shape index (κ1) is 44.9. The van der Waals surface area contributed by atoms with E-state index >= 15 is 0 Å². The van der Waals surface area contributed by atoms with Gasteiger partial charge in [-0.15, -0.1) is 0 Å². The molecule has 3 unspecified atom stereocenters. The Hall–Kier alpha value is -4.23. The van der Waals surface area contributed by atoms with Crippen molar-refractivity contribution < 1.29 is 32.3 Å². The van der Waals surface area contributed by atoms with Crippen LogP contribution < -0.4 is 15.8 Å². The van der Waals surface area contributed by atoms with Crippen LogP contribution in [0.2, 0.25) is 0 Å². The molecular weight excluding hydrogens is 695 g/mol. The van der Waals surface area contributed by atoms with Crippen LogP contribution in [0.5, 0.6) is 0 Å². The van der Waals surface area contributed by atoms with E-state index in [2.05, 4.69) is 10.0 Å². The van der Waals surface area contributed by atoms with Crippen molar-refractivity contribution in [3.05, 3.63) is 82.9 Å². The highest BCUT2D eigenvalue weighted by molar-refractivity contribution is 7.89. The number of ether oxygens (including phenoxy) is 1. The zero-order valence-corrected chi connectivity index (χ0v) is 34.6. The molecule has 3 atom stereocenters. The van der Waals surface area contributed by atoms with E-state index in [9.17, 15) is 27.6 Å². The quantitative estimate of drug-likeness (QED) is 0.220. The van der Waals surface area contributed by atoms with Crippen LogP contribution in [0.15, 0.2) is 66.2 Å². The van der Waals surface area contributed by atoms with Gasteiger partial charge in [0.2, 0.25) is 21.8 Å². The fraction of sp³-hybridized carbons (Fsp3) is 0.550. The van der Waals surface area contributed by atoms with Crippen LogP contribution in [0.3, 0.4) is 0 Å². The summed E-state index contributed by atoms with van der Waals surface area (Å²) in [4.78, 5) is 58.2. The largest absolute Gasteiger partial charge is 0.444 e. The van der Waals surface area contributed by atoms with Crippen molar-refractivity contribution in [2.24, 2.45) is 17.1 Å². The molecule has 294 valence electrons. The van der Waals surface area contributed by atoms with E-state index in [1.54, 1.807) is 58.2 Å². The van der Waals surface area contributed by atoms with Crippen LogP contribution in [0.25, 0.3) is 0 Å². The molecule has 0 aliphatic rings. The molecule has 0 spiro atoms. The lowest BCUT2D eigenvalue weighted by molar-refractivity contribution is -0.141. The maximum atomic E-state index is 14.5. The zero-order chi connectivity index (χ0) is 40.7. The molecule has 12 nitrogen and oxygen atoms in total. The minimum absolute atomic E-state index is 0.102. The molecule has 0 bridgehead atoms. The molecule has 0 aliphatic heterocycles. The monoisotopic (exact) mass is 755 g/mol. The van der Waals surface area contributed by atoms with Crippen molar-refractivity contribution in [1.82, 2.24) is 19.8 Å². The lowest BCUT2D eigenvalue weighted by Gasteiger charge is -2.42. The van der Waals surface area contributed by atoms with Gasteiger partial charge in [-0.25, -0.2) is 17.9 Å². The van der Waals surface area contributed by atoms with E-state index in [4.69, 9.17) is 10.5 Å². The third-order valence-electron chi connectivity index (χ3n) is 9.04. The number of likely N-dealkylation sites (N-methyl/N-ethyl adjacent to an activating group) is 2. The molecule has 0 aromatic heterocycles. The molecular formula is C40H61N5O7S. The number of amides is 4. The topological polar surface area (TPSA) is 168 Å². The van der Waals surface area contributed by atoms with Crippen molar-refractivity contribution in [1.29, 1.82) is 0 Å². The molecule has 53 heavy (non-hydrogen) atoms. The number of rotatable bonds is 14. The van der Waals surface area contributed by atoms with E-state index in [0.717, 1.165) is 11.1 Å². The van der Waals surface area contributed by atoms with Gasteiger partial charge < -0.3 is 20.7 Å². The number of nitrogens with two attached hydrogens (primary N) is 1. The van der Waals surface area contributed by atoms with E-state index in [0.29, 0.717) is 12.1 Å². The van der Waals surface area contributed by atoms with Gasteiger partial charge in [-0.05, 0) is 55.7 Å². The van der Waals surface area contributed by atoms with Gasteiger partial charge in [0.15, 0.2) is 0 Å². The Bertz CT molecular complexity index is 1720. The summed E-state index contributed by atoms with van der Waals surface area (Å²) < 4.78 is 33.6. The Morgan fingerprint density at radius 1 is 0.849 bits per heavy atom. The van der Waals surface area contributed by atoms with Crippen molar-refractivity contribution >= 4 is 33.8 Å². The molecule has 0 aliphatic carbocycles. The van der Waals surface area contributed by atoms with E-state index in [-0.39, 0.29) is 11.5 Å². The molecule has 4 N–H and O–H groups in total. The number of nitrogens with one attached hydrogen (secondary N) is 2. The standard InChI is InChI=1S/C40H61N5O7S/c1-26(2)31(23-27(3)34(46)43-53(50,51)25-29-21-19-28(24-41)20-22-29)44(12)36(48)32(38(4,5)6)42-35(47)33(45(13)37(49)52-39(7,8)9)40(10,11)30-17-15-14-16-18-30/h14-23,26,31-33H,24-25,41H2,1-13H3,(H,42,47)(H,43,46)/b27-23+. The summed E-state index contributed by atoms with van der Waals surface area (Å²) in [6.07, 6.45) is 0.866. The number of carbonyl (C=O) groups is 4. The highest BCUT2D eigenvalue weighted by Gasteiger charge is 2.46. The summed E-state index contributed by atoms with van der Waals surface area (Å²) in [5.74, 6) is -2.40. The van der Waals surface area contributed by atoms with Crippen LogP contribution >= 0.6 is 0 Å². The smallest absolute Gasteiger partial charge is 0.410 e. The Kier molecular flexibility index (Phi) is 15.0. The maximum absolute atomic E-state index is 14.5. The van der Waals surface area contributed by atoms with Gasteiger partial charge in [-0.1, -0.05) is 109 Å². The van der Waals surface area contributed by atoms with Crippen molar-refractivity contribution in [3.63, 3.8) is 0 Å². The van der Waals surface area contributed by atoms with Crippen LogP contribution in [-0.4, -0.2) is 79.9 Å². The normalized spacial score (nSPS) is 14.5. The summed E-state index contributed by atoms with van der Waals surface area (Å²) in [6.45, 7) is 20.0. The highest BCUT2D eigenvalue weighted by Crippen LogP contribution is 2.32. The SMILES string of the molecule is C/C(=C\C(C(C)C)N(C)C(=O)C(NC(=O)C(N(C)C(=O)OC(C)(C)C)C(C)(C)c1ccccc1)C(C)(C)C)C(=O)NS(=O)(=O)Cc1ccc(CN)cc1. The number of benzene rings is 2. The lowest BCUT2D eigenvalue weighted by Crippen LogP contribution is -2.63. The fourth-order valence-corrected chi connectivity index (χ4v) is 7.15. The van der Waals surface area contributed by atoms with Crippen LogP contribution in [0, 0.1) is 11.3 Å². The van der Waals surface area contributed by atoms with Gasteiger partial charge in [-0.2, -0.15) is 0 Å². The molecule has 13 heteroatoms. The second-order valence-electron chi connectivity index (χ2n) is 16.6. The Labute approximate surface area is 316 Å². The van der Waals surface area contributed by atoms with Crippen molar-refractivity contribution in [2.75, 3.05) is 14.1 Å². The van der Waals surface area contributed by atoms with Crippen molar-refractivity contribution in [3.8, 4) is 0 Å². The number of hydrogen-bond acceptors (Lipinski definition) is 8. The highest BCUT2D eigenvalue weighted by atomic mass is 32.2. The molecule has 4 amide bonds. The summed E-state index contributed by atoms with van der Waals surface area (Å²) in [6, 6.07) is 13.3. The number of sulfonamides is 1. The van der Waals surface area contributed by atoms with Crippen LogP contribution in [0.4, 0.5) is 4.79 Å². The lowest BCUT2D eigenvalue weighted by atomic mass is 9.76. The summed E-state index contributed by atoms with van der Waals surface area (Å²) >= 11 is 0. The first-order chi connectivity index (χ1) is 24.2. The average Bonchev–Trinajstić information content (AvgIpc) is 3.04. The third-order valence-corrected chi connectivity index (χ3v) is 10.2. The summed E-state index contributed by atoms with van der Waals surface area (Å²) in [5.41, 5.74) is 5.36. The molecule has 0 radical (unpaired) electrons. The average molecular weight is 756 g/mol. The first-order valence-corrected chi connectivity index (χ1v) is 19.5. The van der Waals surface area contributed by atoms with E-state index in [1.807, 2.05) is 78.8 Å².